The van der Waals surface area contributed by atoms with Crippen molar-refractivity contribution < 1.29 is 37.1 Å². The Bertz CT molecular complexity index is 1530. The average molecular weight is 540 g/mol. The molecule has 1 aliphatic rings. The lowest BCUT2D eigenvalue weighted by Gasteiger charge is -2.28. The Morgan fingerprint density at radius 1 is 1.05 bits per heavy atom. The number of carbonyl (C=O) groups excluding carboxylic acids is 2. The minimum Gasteiger partial charge on any atom is -0.478 e. The smallest absolute Gasteiger partial charge is 0.417 e. The Morgan fingerprint density at radius 2 is 1.72 bits per heavy atom. The van der Waals surface area contributed by atoms with Crippen molar-refractivity contribution in [3.05, 3.63) is 88.7 Å². The maximum Gasteiger partial charge on any atom is 0.417 e. The van der Waals surface area contributed by atoms with Crippen molar-refractivity contribution in [3.63, 3.8) is 0 Å². The molecule has 12 heteroatoms. The summed E-state index contributed by atoms with van der Waals surface area (Å²) in [5.41, 5.74) is -2.69. The number of nitriles is 1. The number of hydrogen-bond donors (Lipinski definition) is 2. The number of rotatable bonds is 6. The van der Waals surface area contributed by atoms with Gasteiger partial charge in [0.25, 0.3) is 5.91 Å². The Hall–Kier alpha value is -4.92. The molecule has 3 aromatic rings. The normalized spacial score (nSPS) is 14.9. The van der Waals surface area contributed by atoms with Crippen LogP contribution >= 0.6 is 0 Å². The van der Waals surface area contributed by atoms with Crippen LogP contribution in [0.5, 0.6) is 0 Å². The lowest BCUT2D eigenvalue weighted by molar-refractivity contribution is -0.137. The van der Waals surface area contributed by atoms with Gasteiger partial charge in [-0.2, -0.15) is 18.4 Å². The lowest BCUT2D eigenvalue weighted by Crippen LogP contribution is -2.43. The number of carbonyl (C=O) groups is 3. The lowest BCUT2D eigenvalue weighted by atomic mass is 10.0. The Labute approximate surface area is 219 Å². The maximum absolute atomic E-state index is 14.1. The van der Waals surface area contributed by atoms with E-state index in [1.165, 1.54) is 50.2 Å². The van der Waals surface area contributed by atoms with Crippen LogP contribution < -0.4 is 10.2 Å². The van der Waals surface area contributed by atoms with Crippen LogP contribution in [-0.2, 0) is 17.5 Å². The number of hydrogen-bond acceptors (Lipinski definition) is 5. The monoisotopic (exact) mass is 540 g/mol. The van der Waals surface area contributed by atoms with Crippen molar-refractivity contribution in [2.45, 2.75) is 32.1 Å². The molecule has 0 unspecified atom stereocenters. The molecular weight excluding hydrogens is 520 g/mol. The van der Waals surface area contributed by atoms with Crippen LogP contribution in [0, 0.1) is 17.1 Å². The predicted molar refractivity (Wildman–Crippen MR) is 132 cm³/mol. The fraction of sp³-hybridized carbons (Fsp3) is 0.185. The zero-order chi connectivity index (χ0) is 28.7. The maximum atomic E-state index is 14.1. The average Bonchev–Trinajstić information content (AvgIpc) is 3.03. The van der Waals surface area contributed by atoms with Crippen LogP contribution in [-0.4, -0.2) is 33.5 Å². The highest BCUT2D eigenvalue weighted by Crippen LogP contribution is 2.39. The number of amides is 3. The van der Waals surface area contributed by atoms with Gasteiger partial charge in [-0.25, -0.2) is 18.9 Å². The minimum atomic E-state index is -4.89. The number of aromatic carboxylic acids is 1. The third kappa shape index (κ3) is 5.11. The molecule has 0 saturated carbocycles. The molecule has 0 aromatic heterocycles. The van der Waals surface area contributed by atoms with Gasteiger partial charge in [0.15, 0.2) is 0 Å². The summed E-state index contributed by atoms with van der Waals surface area (Å²) in [6, 6.07) is 12.5. The number of imide groups is 1. The molecule has 0 spiro atoms. The third-order valence-corrected chi connectivity index (χ3v) is 6.32. The first kappa shape index (κ1) is 27.1. The first-order valence-corrected chi connectivity index (χ1v) is 11.4. The van der Waals surface area contributed by atoms with Crippen molar-refractivity contribution in [1.82, 2.24) is 4.90 Å². The highest BCUT2D eigenvalue weighted by Gasteiger charge is 2.52. The number of urea groups is 1. The molecule has 1 heterocycles. The number of nitrogens with one attached hydrogen (secondary N) is 1. The van der Waals surface area contributed by atoms with Crippen LogP contribution in [0.3, 0.4) is 0 Å². The van der Waals surface area contributed by atoms with Gasteiger partial charge in [-0.15, -0.1) is 0 Å². The highest BCUT2D eigenvalue weighted by molar-refractivity contribution is 6.23. The van der Waals surface area contributed by atoms with E-state index in [2.05, 4.69) is 5.32 Å². The molecule has 1 fully saturated rings. The van der Waals surface area contributed by atoms with Crippen LogP contribution in [0.1, 0.15) is 40.9 Å². The van der Waals surface area contributed by atoms with Crippen molar-refractivity contribution in [1.29, 1.82) is 5.26 Å². The molecule has 1 aliphatic heterocycles. The number of alkyl halides is 3. The van der Waals surface area contributed by atoms with Crippen LogP contribution in [0.25, 0.3) is 0 Å². The summed E-state index contributed by atoms with van der Waals surface area (Å²) in [6.07, 6.45) is -4.89. The van der Waals surface area contributed by atoms with Crippen molar-refractivity contribution >= 4 is 35.0 Å². The number of benzene rings is 3. The van der Waals surface area contributed by atoms with Gasteiger partial charge < -0.3 is 15.3 Å². The van der Waals surface area contributed by atoms with Crippen molar-refractivity contribution in [2.24, 2.45) is 0 Å². The summed E-state index contributed by atoms with van der Waals surface area (Å²) in [4.78, 5) is 39.6. The molecule has 39 heavy (non-hydrogen) atoms. The zero-order valence-electron chi connectivity index (χ0n) is 20.5. The molecule has 3 aromatic carbocycles. The van der Waals surface area contributed by atoms with Crippen LogP contribution in [0.2, 0.25) is 0 Å². The molecule has 0 radical (unpaired) electrons. The van der Waals surface area contributed by atoms with Crippen LogP contribution in [0.4, 0.5) is 39.4 Å². The van der Waals surface area contributed by atoms with Gasteiger partial charge in [-0.3, -0.25) is 4.79 Å². The first-order chi connectivity index (χ1) is 18.2. The molecule has 3 amide bonds. The molecule has 8 nitrogen and oxygen atoms in total. The minimum absolute atomic E-state index is 0.0412. The summed E-state index contributed by atoms with van der Waals surface area (Å²) in [5, 5.41) is 21.1. The largest absolute Gasteiger partial charge is 0.478 e. The van der Waals surface area contributed by atoms with E-state index in [1.54, 1.807) is 0 Å². The summed E-state index contributed by atoms with van der Waals surface area (Å²) in [5.74, 6) is -2.52. The van der Waals surface area contributed by atoms with E-state index < -0.39 is 46.6 Å². The first-order valence-electron chi connectivity index (χ1n) is 11.4. The standard InChI is InChI=1S/C27H20F4N4O4/c1-26(2)24(38)35(20-10-6-16(13-32)21(12-20)27(29,30)31)25(39)34(26)14-17-3-7-18(28)11-22(17)33-19-8-4-15(5-9-19)23(36)37/h3-12,33H,14H2,1-2H3,(H,36,37). The van der Waals surface area contributed by atoms with Gasteiger partial charge in [0.05, 0.1) is 35.0 Å². The molecule has 0 atom stereocenters. The number of halogens is 4. The Morgan fingerprint density at radius 3 is 2.31 bits per heavy atom. The van der Waals surface area contributed by atoms with E-state index in [0.717, 1.165) is 29.2 Å². The van der Waals surface area contributed by atoms with Crippen LogP contribution in [0.15, 0.2) is 60.7 Å². The molecule has 0 bridgehead atoms. The summed E-state index contributed by atoms with van der Waals surface area (Å²) < 4.78 is 54.7. The zero-order valence-corrected chi connectivity index (χ0v) is 20.5. The predicted octanol–water partition coefficient (Wildman–Crippen LogP) is 5.91. The Kier molecular flexibility index (Phi) is 6.78. The topological polar surface area (TPSA) is 114 Å². The van der Waals surface area contributed by atoms with E-state index in [4.69, 9.17) is 10.4 Å². The molecule has 4 rings (SSSR count). The second-order valence-electron chi connectivity index (χ2n) is 9.22. The summed E-state index contributed by atoms with van der Waals surface area (Å²) in [6.45, 7) is 2.65. The van der Waals surface area contributed by atoms with E-state index in [9.17, 15) is 31.9 Å². The third-order valence-electron chi connectivity index (χ3n) is 6.32. The number of carboxylic acid groups (broad SMARTS) is 1. The molecule has 0 aliphatic carbocycles. The SMILES string of the molecule is CC1(C)C(=O)N(c2ccc(C#N)c(C(F)(F)F)c2)C(=O)N1Cc1ccc(F)cc1Nc1ccc(C(=O)O)cc1. The highest BCUT2D eigenvalue weighted by atomic mass is 19.4. The number of anilines is 3. The van der Waals surface area contributed by atoms with E-state index in [-0.39, 0.29) is 23.5 Å². The molecule has 1 saturated heterocycles. The summed E-state index contributed by atoms with van der Waals surface area (Å²) in [7, 11) is 0. The van der Waals surface area contributed by atoms with Gasteiger partial charge in [-0.1, -0.05) is 6.07 Å². The van der Waals surface area contributed by atoms with Gasteiger partial charge in [0.1, 0.15) is 11.4 Å². The van der Waals surface area contributed by atoms with E-state index in [1.807, 2.05) is 0 Å². The van der Waals surface area contributed by atoms with Gasteiger partial charge in [0, 0.05) is 11.4 Å². The second kappa shape index (κ2) is 9.75. The number of carboxylic acids is 1. The van der Waals surface area contributed by atoms with Crippen molar-refractivity contribution in [2.75, 3.05) is 10.2 Å². The second-order valence-corrected chi connectivity index (χ2v) is 9.22. The Balaban J connectivity index is 1.68. The molecule has 200 valence electrons. The van der Waals surface area contributed by atoms with Crippen molar-refractivity contribution in [3.8, 4) is 6.07 Å². The van der Waals surface area contributed by atoms with E-state index in [0.29, 0.717) is 22.2 Å². The fourth-order valence-electron chi connectivity index (χ4n) is 4.16. The van der Waals surface area contributed by atoms with Gasteiger partial charge in [-0.05, 0) is 74.0 Å². The quantitative estimate of drug-likeness (QED) is 0.297. The summed E-state index contributed by atoms with van der Waals surface area (Å²) >= 11 is 0. The van der Waals surface area contributed by atoms with Gasteiger partial charge in [0.2, 0.25) is 0 Å². The molecule has 2 N–H and O–H groups in total. The van der Waals surface area contributed by atoms with E-state index >= 15 is 0 Å². The fourth-order valence-corrected chi connectivity index (χ4v) is 4.16. The number of nitrogens with zero attached hydrogens (tertiary/aromatic N) is 3. The van der Waals surface area contributed by atoms with Gasteiger partial charge >= 0.3 is 18.2 Å². The molecular formula is C27H20F4N4O4.